The Morgan fingerprint density at radius 1 is 1.37 bits per heavy atom. The van der Waals surface area contributed by atoms with Gasteiger partial charge in [0.15, 0.2) is 6.61 Å². The van der Waals surface area contributed by atoms with Gasteiger partial charge in [-0.1, -0.05) is 30.3 Å². The summed E-state index contributed by atoms with van der Waals surface area (Å²) in [6.07, 6.45) is 0.649. The van der Waals surface area contributed by atoms with E-state index < -0.39 is 0 Å². The third kappa shape index (κ3) is 3.40. The molecule has 2 aromatic rings. The van der Waals surface area contributed by atoms with Crippen LogP contribution in [0.1, 0.15) is 37.9 Å². The van der Waals surface area contributed by atoms with Crippen molar-refractivity contribution in [1.82, 2.24) is 10.1 Å². The molecule has 0 aliphatic heterocycles. The van der Waals surface area contributed by atoms with Gasteiger partial charge in [0.25, 0.3) is 0 Å². The average molecular weight is 260 g/mol. The van der Waals surface area contributed by atoms with Crippen molar-refractivity contribution in [3.63, 3.8) is 0 Å². The fourth-order valence-corrected chi connectivity index (χ4v) is 1.77. The lowest BCUT2D eigenvalue weighted by Crippen LogP contribution is -2.08. The van der Waals surface area contributed by atoms with Gasteiger partial charge in [-0.3, -0.25) is 4.79 Å². The first kappa shape index (κ1) is 13.3. The number of rotatable bonds is 6. The van der Waals surface area contributed by atoms with E-state index in [1.807, 2.05) is 37.3 Å². The van der Waals surface area contributed by atoms with E-state index in [0.29, 0.717) is 18.1 Å². The van der Waals surface area contributed by atoms with Crippen LogP contribution in [0, 0.1) is 0 Å². The summed E-state index contributed by atoms with van der Waals surface area (Å²) in [5, 5.41) is 3.82. The molecule has 1 aromatic carbocycles. The number of para-hydroxylation sites is 1. The maximum atomic E-state index is 11.4. The number of benzene rings is 1. The largest absolute Gasteiger partial charge is 0.485 e. The fraction of sp³-hybridized carbons (Fsp3) is 0.357. The summed E-state index contributed by atoms with van der Waals surface area (Å²) >= 11 is 0. The lowest BCUT2D eigenvalue weighted by molar-refractivity contribution is -0.119. The number of nitrogens with zero attached hydrogens (tertiary/aromatic N) is 2. The van der Waals surface area contributed by atoms with Gasteiger partial charge < -0.3 is 9.26 Å². The van der Waals surface area contributed by atoms with E-state index in [1.165, 1.54) is 6.92 Å². The molecular formula is C14H16N2O3. The van der Waals surface area contributed by atoms with Crippen LogP contribution in [-0.2, 0) is 11.4 Å². The Bertz CT molecular complexity index is 537. The van der Waals surface area contributed by atoms with Gasteiger partial charge in [0, 0.05) is 0 Å². The molecule has 0 spiro atoms. The molecule has 0 saturated carbocycles. The van der Waals surface area contributed by atoms with Crippen LogP contribution in [0.5, 0.6) is 5.75 Å². The molecule has 0 N–H and O–H groups in total. The van der Waals surface area contributed by atoms with Crippen LogP contribution in [0.3, 0.4) is 0 Å². The Morgan fingerprint density at radius 2 is 2.11 bits per heavy atom. The Kier molecular flexibility index (Phi) is 4.28. The first-order chi connectivity index (χ1) is 9.20. The van der Waals surface area contributed by atoms with Gasteiger partial charge in [0.05, 0.1) is 5.92 Å². The minimum Gasteiger partial charge on any atom is -0.485 e. The molecule has 5 heteroatoms. The maximum absolute atomic E-state index is 11.4. The summed E-state index contributed by atoms with van der Waals surface area (Å²) in [4.78, 5) is 15.6. The molecule has 0 amide bonds. The minimum absolute atomic E-state index is 0.0293. The number of ketones is 1. The number of hydrogen-bond acceptors (Lipinski definition) is 5. The van der Waals surface area contributed by atoms with Gasteiger partial charge in [-0.2, -0.15) is 4.98 Å². The Balaban J connectivity index is 1.99. The topological polar surface area (TPSA) is 65.2 Å². The monoisotopic (exact) mass is 260 g/mol. The lowest BCUT2D eigenvalue weighted by atomic mass is 10.0. The molecule has 1 aromatic heterocycles. The van der Waals surface area contributed by atoms with Crippen LogP contribution < -0.4 is 4.74 Å². The summed E-state index contributed by atoms with van der Waals surface area (Å²) in [5.41, 5.74) is 0. The second kappa shape index (κ2) is 6.13. The first-order valence-corrected chi connectivity index (χ1v) is 6.21. The van der Waals surface area contributed by atoms with Crippen molar-refractivity contribution in [2.75, 3.05) is 0 Å². The van der Waals surface area contributed by atoms with Gasteiger partial charge >= 0.3 is 0 Å². The highest BCUT2D eigenvalue weighted by Gasteiger charge is 2.21. The van der Waals surface area contributed by atoms with Crippen LogP contribution >= 0.6 is 0 Å². The molecule has 0 radical (unpaired) electrons. The zero-order valence-corrected chi connectivity index (χ0v) is 11.0. The Labute approximate surface area is 111 Å². The second-order valence-electron chi connectivity index (χ2n) is 4.22. The summed E-state index contributed by atoms with van der Waals surface area (Å²) in [6, 6.07) is 9.40. The predicted octanol–water partition coefficient (Wildman–Crippen LogP) is 2.73. The number of ether oxygens (including phenoxy) is 1. The minimum atomic E-state index is -0.321. The number of Topliss-reactive ketones (excluding diaryl/α,β-unsaturated/α-hetero) is 1. The molecule has 0 aliphatic carbocycles. The Hall–Kier alpha value is -2.17. The predicted molar refractivity (Wildman–Crippen MR) is 68.8 cm³/mol. The van der Waals surface area contributed by atoms with Crippen LogP contribution in [0.4, 0.5) is 0 Å². The van der Waals surface area contributed by atoms with E-state index in [2.05, 4.69) is 10.1 Å². The highest BCUT2D eigenvalue weighted by molar-refractivity contribution is 5.82. The van der Waals surface area contributed by atoms with Gasteiger partial charge in [-0.05, 0) is 25.5 Å². The molecule has 2 rings (SSSR count). The third-order valence-corrected chi connectivity index (χ3v) is 2.79. The summed E-state index contributed by atoms with van der Waals surface area (Å²) in [6.45, 7) is 3.66. The molecule has 0 fully saturated rings. The molecular weight excluding hydrogens is 244 g/mol. The van der Waals surface area contributed by atoms with E-state index in [0.717, 1.165) is 5.75 Å². The van der Waals surface area contributed by atoms with Crippen LogP contribution in [0.25, 0.3) is 0 Å². The zero-order valence-electron chi connectivity index (χ0n) is 11.0. The molecule has 1 heterocycles. The lowest BCUT2D eigenvalue weighted by Gasteiger charge is -2.03. The van der Waals surface area contributed by atoms with Crippen molar-refractivity contribution < 1.29 is 14.1 Å². The number of carbonyl (C=O) groups excluding carboxylic acids is 1. The van der Waals surface area contributed by atoms with E-state index in [-0.39, 0.29) is 18.3 Å². The molecule has 100 valence electrons. The summed E-state index contributed by atoms with van der Waals surface area (Å²) < 4.78 is 10.6. The van der Waals surface area contributed by atoms with E-state index >= 15 is 0 Å². The van der Waals surface area contributed by atoms with Crippen molar-refractivity contribution in [2.45, 2.75) is 32.8 Å². The third-order valence-electron chi connectivity index (χ3n) is 2.79. The van der Waals surface area contributed by atoms with E-state index in [9.17, 15) is 4.79 Å². The van der Waals surface area contributed by atoms with Crippen LogP contribution in [0.15, 0.2) is 34.9 Å². The average Bonchev–Trinajstić information content (AvgIpc) is 2.87. The molecule has 1 atom stereocenters. The van der Waals surface area contributed by atoms with Crippen LogP contribution in [0.2, 0.25) is 0 Å². The van der Waals surface area contributed by atoms with Crippen molar-refractivity contribution in [3.8, 4) is 5.75 Å². The van der Waals surface area contributed by atoms with E-state index in [1.54, 1.807) is 0 Å². The second-order valence-corrected chi connectivity index (χ2v) is 4.22. The molecule has 19 heavy (non-hydrogen) atoms. The van der Waals surface area contributed by atoms with E-state index in [4.69, 9.17) is 9.26 Å². The highest BCUT2D eigenvalue weighted by atomic mass is 16.5. The summed E-state index contributed by atoms with van der Waals surface area (Å²) in [7, 11) is 0. The maximum Gasteiger partial charge on any atom is 0.237 e. The first-order valence-electron chi connectivity index (χ1n) is 6.21. The van der Waals surface area contributed by atoms with Gasteiger partial charge in [-0.25, -0.2) is 0 Å². The number of hydrogen-bond donors (Lipinski definition) is 0. The van der Waals surface area contributed by atoms with Gasteiger partial charge in [0.1, 0.15) is 11.5 Å². The molecule has 1 unspecified atom stereocenters. The SMILES string of the molecule is CCC(C(C)=O)c1nc(COc2ccccc2)no1. The molecule has 0 bridgehead atoms. The molecule has 0 aliphatic rings. The van der Waals surface area contributed by atoms with Crippen molar-refractivity contribution in [2.24, 2.45) is 0 Å². The normalized spacial score (nSPS) is 12.1. The van der Waals surface area contributed by atoms with Crippen molar-refractivity contribution in [1.29, 1.82) is 0 Å². The fourth-order valence-electron chi connectivity index (χ4n) is 1.77. The summed E-state index contributed by atoms with van der Waals surface area (Å²) in [5.74, 6) is 1.26. The quantitative estimate of drug-likeness (QED) is 0.799. The van der Waals surface area contributed by atoms with Crippen molar-refractivity contribution >= 4 is 5.78 Å². The smallest absolute Gasteiger partial charge is 0.237 e. The molecule has 5 nitrogen and oxygen atoms in total. The number of carbonyl (C=O) groups is 1. The molecule has 0 saturated heterocycles. The standard InChI is InChI=1S/C14H16N2O3/c1-3-12(10(2)17)14-15-13(16-19-14)9-18-11-7-5-4-6-8-11/h4-8,12H,3,9H2,1-2H3. The Morgan fingerprint density at radius 3 is 2.74 bits per heavy atom. The van der Waals surface area contributed by atoms with Gasteiger partial charge in [0.2, 0.25) is 11.7 Å². The van der Waals surface area contributed by atoms with Gasteiger partial charge in [-0.15, -0.1) is 0 Å². The zero-order chi connectivity index (χ0) is 13.7. The van der Waals surface area contributed by atoms with Crippen molar-refractivity contribution in [3.05, 3.63) is 42.0 Å². The number of aromatic nitrogens is 2. The van der Waals surface area contributed by atoms with Crippen LogP contribution in [-0.4, -0.2) is 15.9 Å². The highest BCUT2D eigenvalue weighted by Crippen LogP contribution is 2.19.